The molecule has 0 bridgehead atoms. The van der Waals surface area contributed by atoms with Gasteiger partial charge in [0.05, 0.1) is 22.8 Å². The van der Waals surface area contributed by atoms with Gasteiger partial charge in [-0.25, -0.2) is 0 Å². The molecule has 2 aromatic heterocycles. The van der Waals surface area contributed by atoms with Crippen LogP contribution in [0.2, 0.25) is 0 Å². The highest BCUT2D eigenvalue weighted by molar-refractivity contribution is 7.81. The third kappa shape index (κ3) is 4.65. The van der Waals surface area contributed by atoms with Crippen molar-refractivity contribution >= 4 is 29.3 Å². The Morgan fingerprint density at radius 2 is 0.765 bits per heavy atom. The Bertz CT molecular complexity index is 2470. The molecule has 0 atom stereocenters. The summed E-state index contributed by atoms with van der Waals surface area (Å²) in [5.41, 5.74) is 14.6. The monoisotopic (exact) mass is 671 g/mol. The maximum absolute atomic E-state index is 16.0. The van der Waals surface area contributed by atoms with E-state index in [0.717, 1.165) is 89.0 Å². The summed E-state index contributed by atoms with van der Waals surface area (Å²) < 4.78 is 18.1. The molecule has 10 rings (SSSR count). The van der Waals surface area contributed by atoms with Crippen LogP contribution in [-0.2, 0) is 4.57 Å². The zero-order chi connectivity index (χ0) is 33.9. The van der Waals surface area contributed by atoms with Gasteiger partial charge in [0, 0.05) is 45.3 Å². The Morgan fingerprint density at radius 1 is 0.373 bits per heavy atom. The first-order valence-corrected chi connectivity index (χ1v) is 18.8. The van der Waals surface area contributed by atoms with Gasteiger partial charge in [0.15, 0.2) is 0 Å². The van der Waals surface area contributed by atoms with E-state index in [1.807, 2.05) is 73.1 Å². The average Bonchev–Trinajstić information content (AvgIpc) is 3.21. The number of aromatic nitrogens is 2. The highest BCUT2D eigenvalue weighted by Crippen LogP contribution is 2.66. The highest BCUT2D eigenvalue weighted by atomic mass is 31.2. The van der Waals surface area contributed by atoms with E-state index in [-0.39, 0.29) is 0 Å². The Labute approximate surface area is 296 Å². The average molecular weight is 672 g/mol. The molecule has 4 nitrogen and oxygen atoms in total. The first-order valence-electron chi connectivity index (χ1n) is 17.1. The van der Waals surface area contributed by atoms with Gasteiger partial charge >= 0.3 is 0 Å². The zero-order valence-electron chi connectivity index (χ0n) is 27.5. The Balaban J connectivity index is 1.11. The van der Waals surface area contributed by atoms with Crippen LogP contribution in [-0.4, -0.2) is 9.97 Å². The van der Waals surface area contributed by atoms with Crippen molar-refractivity contribution in [2.75, 3.05) is 4.67 Å². The fraction of sp³-hybridized carbons (Fsp3) is 0. The lowest BCUT2D eigenvalue weighted by molar-refractivity contribution is 0.586. The lowest BCUT2D eigenvalue weighted by Crippen LogP contribution is -2.37. The summed E-state index contributed by atoms with van der Waals surface area (Å²) in [6.07, 6.45) is 3.64. The molecule has 0 saturated heterocycles. The standard InChI is InChI=1S/C46H30N3OP/c50-51-45-13-3-1-9-37(45)39-29-35(31-15-19-33(20-16-31)41-11-5-7-27-47-41)23-25-43(39)49(51)44-26-24-36(30-40(44)38-10-2-4-14-46(38)51)32-17-21-34(22-18-32)42-12-6-8-28-48-42/h1-30H. The number of pyridine rings is 2. The van der Waals surface area contributed by atoms with Crippen molar-refractivity contribution in [3.63, 3.8) is 0 Å². The molecule has 0 amide bonds. The number of hydrogen-bond acceptors (Lipinski definition) is 3. The molecular weight excluding hydrogens is 642 g/mol. The SMILES string of the molecule is O=P12c3ccccc3-c3cc(-c4ccc(-c5ccccn5)cc4)ccc3N1c1ccc(-c3ccc(-c4ccccn4)cc3)cc1-c1ccccc12. The smallest absolute Gasteiger partial charge is 0.235 e. The fourth-order valence-electron chi connectivity index (χ4n) is 7.68. The minimum Gasteiger partial charge on any atom is -0.289 e. The van der Waals surface area contributed by atoms with E-state index in [4.69, 9.17) is 0 Å². The molecule has 6 aromatic carbocycles. The minimum atomic E-state index is -3.30. The quantitative estimate of drug-likeness (QED) is 0.175. The van der Waals surface area contributed by atoms with Crippen LogP contribution in [0.3, 0.4) is 0 Å². The van der Waals surface area contributed by atoms with Crippen molar-refractivity contribution in [1.29, 1.82) is 0 Å². The summed E-state index contributed by atoms with van der Waals surface area (Å²) in [6.45, 7) is 0. The Morgan fingerprint density at radius 3 is 1.20 bits per heavy atom. The van der Waals surface area contributed by atoms with Crippen LogP contribution in [0.15, 0.2) is 182 Å². The number of nitrogens with zero attached hydrogens (tertiary/aromatic N) is 3. The van der Waals surface area contributed by atoms with Gasteiger partial charge in [0.2, 0.25) is 7.29 Å². The molecule has 8 aromatic rings. The Hall–Kier alpha value is -6.35. The van der Waals surface area contributed by atoms with E-state index in [0.29, 0.717) is 0 Å². The molecule has 0 N–H and O–H groups in total. The number of anilines is 2. The van der Waals surface area contributed by atoms with Crippen molar-refractivity contribution in [1.82, 2.24) is 9.97 Å². The minimum absolute atomic E-state index is 0.868. The van der Waals surface area contributed by atoms with Gasteiger partial charge in [-0.1, -0.05) is 109 Å². The van der Waals surface area contributed by atoms with Crippen molar-refractivity contribution in [3.8, 4) is 67.0 Å². The maximum Gasteiger partial charge on any atom is 0.235 e. The molecule has 4 heterocycles. The van der Waals surface area contributed by atoms with Crippen LogP contribution in [0.4, 0.5) is 11.4 Å². The molecule has 5 heteroatoms. The fourth-order valence-corrected chi connectivity index (χ4v) is 10.9. The van der Waals surface area contributed by atoms with Gasteiger partial charge in [-0.2, -0.15) is 0 Å². The highest BCUT2D eigenvalue weighted by Gasteiger charge is 2.47. The molecule has 240 valence electrons. The van der Waals surface area contributed by atoms with E-state index in [2.05, 4.69) is 124 Å². The summed E-state index contributed by atoms with van der Waals surface area (Å²) >= 11 is 0. The summed E-state index contributed by atoms with van der Waals surface area (Å²) in [5.74, 6) is 0. The van der Waals surface area contributed by atoms with Crippen LogP contribution in [0.5, 0.6) is 0 Å². The lowest BCUT2D eigenvalue weighted by Gasteiger charge is -2.44. The molecule has 0 saturated carbocycles. The number of hydrogen-bond donors (Lipinski definition) is 0. The van der Waals surface area contributed by atoms with Crippen LogP contribution >= 0.6 is 7.29 Å². The van der Waals surface area contributed by atoms with Gasteiger partial charge in [-0.15, -0.1) is 0 Å². The van der Waals surface area contributed by atoms with Crippen LogP contribution in [0, 0.1) is 0 Å². The van der Waals surface area contributed by atoms with Gasteiger partial charge in [0.25, 0.3) is 0 Å². The molecule has 0 unspecified atom stereocenters. The molecule has 0 radical (unpaired) electrons. The molecule has 51 heavy (non-hydrogen) atoms. The summed E-state index contributed by atoms with van der Waals surface area (Å²) in [4.78, 5) is 9.03. The molecule has 0 spiro atoms. The third-order valence-electron chi connectivity index (χ3n) is 10.1. The maximum atomic E-state index is 16.0. The molecular formula is C46H30N3OP. The van der Waals surface area contributed by atoms with E-state index < -0.39 is 7.29 Å². The first-order chi connectivity index (χ1) is 25.2. The summed E-state index contributed by atoms with van der Waals surface area (Å²) in [6, 6.07) is 58.7. The van der Waals surface area contributed by atoms with E-state index >= 15 is 4.57 Å². The van der Waals surface area contributed by atoms with Crippen molar-refractivity contribution in [3.05, 3.63) is 182 Å². The number of benzene rings is 6. The second kappa shape index (κ2) is 11.6. The van der Waals surface area contributed by atoms with Crippen molar-refractivity contribution in [2.24, 2.45) is 0 Å². The second-order valence-corrected chi connectivity index (χ2v) is 15.5. The normalized spacial score (nSPS) is 13.3. The third-order valence-corrected chi connectivity index (χ3v) is 13.2. The number of rotatable bonds is 4. The van der Waals surface area contributed by atoms with E-state index in [9.17, 15) is 0 Å². The molecule has 0 aliphatic carbocycles. The second-order valence-electron chi connectivity index (χ2n) is 13.0. The van der Waals surface area contributed by atoms with Gasteiger partial charge in [0.1, 0.15) is 0 Å². The molecule has 2 aliphatic rings. The first kappa shape index (κ1) is 29.6. The van der Waals surface area contributed by atoms with Gasteiger partial charge in [-0.3, -0.25) is 19.2 Å². The summed E-state index contributed by atoms with van der Waals surface area (Å²) in [5, 5.41) is 1.74. The van der Waals surface area contributed by atoms with Crippen LogP contribution < -0.4 is 15.3 Å². The van der Waals surface area contributed by atoms with E-state index in [1.165, 1.54) is 0 Å². The molecule has 0 fully saturated rings. The van der Waals surface area contributed by atoms with E-state index in [1.54, 1.807) is 0 Å². The topological polar surface area (TPSA) is 46.1 Å². The van der Waals surface area contributed by atoms with Gasteiger partial charge < -0.3 is 0 Å². The predicted octanol–water partition coefficient (Wildman–Crippen LogP) is 11.2. The Kier molecular flexibility index (Phi) is 6.74. The van der Waals surface area contributed by atoms with Crippen LogP contribution in [0.25, 0.3) is 67.0 Å². The largest absolute Gasteiger partial charge is 0.289 e. The number of fused-ring (bicyclic) bond motifs is 11. The van der Waals surface area contributed by atoms with Gasteiger partial charge in [-0.05, 0) is 94.0 Å². The zero-order valence-corrected chi connectivity index (χ0v) is 28.4. The lowest BCUT2D eigenvalue weighted by atomic mass is 9.94. The van der Waals surface area contributed by atoms with Crippen molar-refractivity contribution in [2.45, 2.75) is 0 Å². The summed E-state index contributed by atoms with van der Waals surface area (Å²) in [7, 11) is -3.30. The van der Waals surface area contributed by atoms with Crippen LogP contribution in [0.1, 0.15) is 0 Å². The van der Waals surface area contributed by atoms with Crippen molar-refractivity contribution < 1.29 is 4.57 Å². The molecule has 2 aliphatic heterocycles. The predicted molar refractivity (Wildman–Crippen MR) is 210 cm³/mol.